The first-order chi connectivity index (χ1) is 18.6. The predicted molar refractivity (Wildman–Crippen MR) is 161 cm³/mol. The highest BCUT2D eigenvalue weighted by Gasteiger charge is 2.25. The molecule has 1 fully saturated rings. The molecule has 2 aromatic heterocycles. The van der Waals surface area contributed by atoms with Crippen molar-refractivity contribution >= 4 is 17.3 Å². The second-order valence-corrected chi connectivity index (χ2v) is 10.3. The highest BCUT2D eigenvalue weighted by Crippen LogP contribution is 2.23. The SMILES string of the molecule is C=C1C(=O)N(C)C/C1=C/C(C)=C(/C)CCC.CC(C)C(=O)c1cnn2cccnc12.CCCCCOCCC. The van der Waals surface area contributed by atoms with E-state index in [0.717, 1.165) is 38.0 Å². The molecule has 1 aliphatic rings. The van der Waals surface area contributed by atoms with E-state index >= 15 is 0 Å². The van der Waals surface area contributed by atoms with Crippen molar-refractivity contribution in [2.75, 3.05) is 26.8 Å². The van der Waals surface area contributed by atoms with Crippen LogP contribution in [0.2, 0.25) is 0 Å². The number of carbonyl (C=O) groups excluding carboxylic acids is 2. The van der Waals surface area contributed by atoms with E-state index in [0.29, 0.717) is 23.3 Å². The fraction of sp³-hybridized carbons (Fsp3) is 0.562. The van der Waals surface area contributed by atoms with Crippen LogP contribution in [0.25, 0.3) is 5.65 Å². The van der Waals surface area contributed by atoms with Crippen molar-refractivity contribution in [1.82, 2.24) is 19.5 Å². The van der Waals surface area contributed by atoms with Crippen LogP contribution in [0.5, 0.6) is 0 Å². The standard InChI is InChI=1S/C14H21NO.C10H11N3O.C8H18O/c1-6-7-10(2)11(3)8-13-9-15(5)14(16)12(13)4;1-7(2)9(14)8-6-12-13-5-3-4-11-10(8)13;1-3-5-6-8-9-7-4-2/h8H,4,6-7,9H2,1-3,5H3;3-7H,1-2H3;3-8H2,1-2H3/b11-10-,13-8-;;. The average molecular weight is 539 g/mol. The third-order valence-electron chi connectivity index (χ3n) is 6.40. The first kappa shape index (κ1) is 34.0. The Bertz CT molecular complexity index is 1120. The molecular formula is C32H50N4O3. The van der Waals surface area contributed by atoms with E-state index in [1.54, 1.807) is 34.1 Å². The number of likely N-dealkylation sites (N-methyl/N-ethyl adjacent to an activating group) is 1. The molecule has 3 heterocycles. The van der Waals surface area contributed by atoms with Gasteiger partial charge in [-0.3, -0.25) is 9.59 Å². The van der Waals surface area contributed by atoms with Gasteiger partial charge in [0.05, 0.1) is 11.8 Å². The molecule has 1 amide bonds. The van der Waals surface area contributed by atoms with Crippen molar-refractivity contribution in [2.45, 2.75) is 87.0 Å². The number of carbonyl (C=O) groups is 2. The minimum Gasteiger partial charge on any atom is -0.381 e. The number of Topliss-reactive ketones (excluding diaryl/α,β-unsaturated/α-hetero) is 1. The topological polar surface area (TPSA) is 76.8 Å². The highest BCUT2D eigenvalue weighted by molar-refractivity contribution is 6.02. The van der Waals surface area contributed by atoms with Crippen molar-refractivity contribution in [3.63, 3.8) is 0 Å². The lowest BCUT2D eigenvalue weighted by atomic mass is 10.0. The van der Waals surface area contributed by atoms with E-state index in [-0.39, 0.29) is 17.6 Å². The molecule has 0 N–H and O–H groups in total. The number of hydrogen-bond donors (Lipinski definition) is 0. The van der Waals surface area contributed by atoms with Crippen LogP contribution in [0.1, 0.15) is 97.3 Å². The lowest BCUT2D eigenvalue weighted by Crippen LogP contribution is -2.18. The van der Waals surface area contributed by atoms with Gasteiger partial charge in [0.15, 0.2) is 11.4 Å². The van der Waals surface area contributed by atoms with Crippen LogP contribution in [0, 0.1) is 5.92 Å². The number of aromatic nitrogens is 3. The molecule has 0 unspecified atom stereocenters. The summed E-state index contributed by atoms with van der Waals surface area (Å²) in [7, 11) is 1.81. The second kappa shape index (κ2) is 18.3. The average Bonchev–Trinajstić information content (AvgIpc) is 3.45. The van der Waals surface area contributed by atoms with Crippen molar-refractivity contribution < 1.29 is 14.3 Å². The number of likely N-dealkylation sites (tertiary alicyclic amines) is 1. The molecule has 0 atom stereocenters. The number of amides is 1. The van der Waals surface area contributed by atoms with Gasteiger partial charge in [-0.15, -0.1) is 0 Å². The molecule has 1 aliphatic heterocycles. The third kappa shape index (κ3) is 11.3. The maximum Gasteiger partial charge on any atom is 0.253 e. The summed E-state index contributed by atoms with van der Waals surface area (Å²) >= 11 is 0. The Balaban J connectivity index is 0.000000305. The number of hydrogen-bond acceptors (Lipinski definition) is 5. The smallest absolute Gasteiger partial charge is 0.253 e. The Morgan fingerprint density at radius 2 is 1.85 bits per heavy atom. The van der Waals surface area contributed by atoms with Gasteiger partial charge < -0.3 is 9.64 Å². The van der Waals surface area contributed by atoms with E-state index in [9.17, 15) is 9.59 Å². The summed E-state index contributed by atoms with van der Waals surface area (Å²) in [4.78, 5) is 29.1. The lowest BCUT2D eigenvalue weighted by molar-refractivity contribution is -0.123. The minimum absolute atomic E-state index is 0.0231. The summed E-state index contributed by atoms with van der Waals surface area (Å²) in [6.07, 6.45) is 14.4. The molecule has 0 aromatic carbocycles. The van der Waals surface area contributed by atoms with Gasteiger partial charge in [0, 0.05) is 50.7 Å². The van der Waals surface area contributed by atoms with Gasteiger partial charge >= 0.3 is 0 Å². The van der Waals surface area contributed by atoms with E-state index < -0.39 is 0 Å². The molecule has 0 bridgehead atoms. The summed E-state index contributed by atoms with van der Waals surface area (Å²) in [6, 6.07) is 1.78. The summed E-state index contributed by atoms with van der Waals surface area (Å²) in [5.41, 5.74) is 5.59. The molecule has 7 heteroatoms. The minimum atomic E-state index is -0.0231. The number of unbranched alkanes of at least 4 members (excludes halogenated alkanes) is 2. The molecular weight excluding hydrogens is 488 g/mol. The van der Waals surface area contributed by atoms with Crippen LogP contribution in [0.3, 0.4) is 0 Å². The molecule has 39 heavy (non-hydrogen) atoms. The van der Waals surface area contributed by atoms with Crippen LogP contribution in [-0.4, -0.2) is 58.0 Å². The summed E-state index contributed by atoms with van der Waals surface area (Å²) in [5.74, 6) is 0.107. The Kier molecular flexibility index (Phi) is 15.9. The van der Waals surface area contributed by atoms with Gasteiger partial charge in [-0.25, -0.2) is 9.50 Å². The molecule has 3 rings (SSSR count). The zero-order chi connectivity index (χ0) is 29.4. The molecule has 1 saturated heterocycles. The highest BCUT2D eigenvalue weighted by atomic mass is 16.5. The number of allylic oxidation sites excluding steroid dienone is 3. The van der Waals surface area contributed by atoms with Crippen LogP contribution in [0.4, 0.5) is 0 Å². The maximum atomic E-state index is 11.7. The van der Waals surface area contributed by atoms with Gasteiger partial charge in [0.25, 0.3) is 5.91 Å². The van der Waals surface area contributed by atoms with Crippen molar-refractivity contribution in [3.8, 4) is 0 Å². The molecule has 7 nitrogen and oxygen atoms in total. The normalized spacial score (nSPS) is 14.8. The Morgan fingerprint density at radius 3 is 2.41 bits per heavy atom. The molecule has 0 radical (unpaired) electrons. The molecule has 216 valence electrons. The van der Waals surface area contributed by atoms with E-state index in [1.807, 2.05) is 20.9 Å². The summed E-state index contributed by atoms with van der Waals surface area (Å²) in [6.45, 7) is 20.9. The lowest BCUT2D eigenvalue weighted by Gasteiger charge is -2.05. The van der Waals surface area contributed by atoms with Crippen molar-refractivity contribution in [2.24, 2.45) is 5.92 Å². The Morgan fingerprint density at radius 1 is 1.13 bits per heavy atom. The van der Waals surface area contributed by atoms with Gasteiger partial charge in [-0.05, 0) is 44.7 Å². The second-order valence-electron chi connectivity index (χ2n) is 10.3. The van der Waals surface area contributed by atoms with Gasteiger partial charge in [-0.2, -0.15) is 5.10 Å². The first-order valence-corrected chi connectivity index (χ1v) is 14.3. The van der Waals surface area contributed by atoms with Gasteiger partial charge in [-0.1, -0.05) is 77.7 Å². The number of fused-ring (bicyclic) bond motifs is 1. The van der Waals surface area contributed by atoms with Crippen LogP contribution in [0.15, 0.2) is 59.6 Å². The van der Waals surface area contributed by atoms with Gasteiger partial charge in [0.2, 0.25) is 0 Å². The zero-order valence-electron chi connectivity index (χ0n) is 25.5. The number of nitrogens with zero attached hydrogens (tertiary/aromatic N) is 4. The Hall–Kier alpha value is -3.06. The molecule has 2 aromatic rings. The zero-order valence-corrected chi connectivity index (χ0v) is 25.5. The van der Waals surface area contributed by atoms with Crippen molar-refractivity contribution in [1.29, 1.82) is 0 Å². The molecule has 0 spiro atoms. The molecule has 0 saturated carbocycles. The maximum absolute atomic E-state index is 11.7. The monoisotopic (exact) mass is 538 g/mol. The van der Waals surface area contributed by atoms with Crippen LogP contribution >= 0.6 is 0 Å². The first-order valence-electron chi connectivity index (χ1n) is 14.3. The van der Waals surface area contributed by atoms with Crippen LogP contribution < -0.4 is 0 Å². The largest absolute Gasteiger partial charge is 0.381 e. The van der Waals surface area contributed by atoms with E-state index in [2.05, 4.69) is 57.4 Å². The van der Waals surface area contributed by atoms with E-state index in [1.165, 1.54) is 30.4 Å². The summed E-state index contributed by atoms with van der Waals surface area (Å²) < 4.78 is 6.89. The Labute approximate surface area is 236 Å². The number of rotatable bonds is 11. The predicted octanol–water partition coefficient (Wildman–Crippen LogP) is 7.25. The van der Waals surface area contributed by atoms with Gasteiger partial charge in [0.1, 0.15) is 0 Å². The summed E-state index contributed by atoms with van der Waals surface area (Å²) in [5, 5.41) is 4.06. The molecule has 0 aliphatic carbocycles. The number of ketones is 1. The fourth-order valence-electron chi connectivity index (χ4n) is 3.89. The van der Waals surface area contributed by atoms with E-state index in [4.69, 9.17) is 4.74 Å². The van der Waals surface area contributed by atoms with Crippen molar-refractivity contribution in [3.05, 3.63) is 65.2 Å². The number of ether oxygens (including phenoxy) is 1. The third-order valence-corrected chi connectivity index (χ3v) is 6.40. The van der Waals surface area contributed by atoms with Crippen LogP contribution in [-0.2, 0) is 9.53 Å². The fourth-order valence-corrected chi connectivity index (χ4v) is 3.89. The quantitative estimate of drug-likeness (QED) is 0.171.